The van der Waals surface area contributed by atoms with Gasteiger partial charge in [0.25, 0.3) is 0 Å². The van der Waals surface area contributed by atoms with Crippen LogP contribution in [0.3, 0.4) is 0 Å². The topological polar surface area (TPSA) is 195 Å². The average Bonchev–Trinajstić information content (AvgIpc) is 2.94. The maximum Gasteiger partial charge on any atom is 0.408 e. The molecule has 0 saturated heterocycles. The van der Waals surface area contributed by atoms with Crippen molar-refractivity contribution in [3.8, 4) is 0 Å². The standard InChI is InChI=1S/C32H51N5O8/c1-9-20(4)26(30(42)34-21(5)27(33)39)37-28(40)23(15-16-25(38)44-18-22-13-11-10-12-14-22)35-29(41)24(17-19(2)3)36-31(43)45-32(6,7)8/h10-14,19-21,23-24,26H,9,15-18H2,1-8H3,(H2,33,39)(H,34,42)(H,35,41)(H,36,43)(H,37,40). The van der Waals surface area contributed by atoms with Crippen molar-refractivity contribution in [2.45, 2.75) is 117 Å². The Bertz CT molecular complexity index is 1150. The van der Waals surface area contributed by atoms with Gasteiger partial charge in [-0.3, -0.25) is 24.0 Å². The number of ether oxygens (including phenoxy) is 2. The van der Waals surface area contributed by atoms with Crippen molar-refractivity contribution >= 4 is 35.7 Å². The minimum absolute atomic E-state index is 0.0124. The molecule has 5 atom stereocenters. The third-order valence-electron chi connectivity index (χ3n) is 6.81. The Morgan fingerprint density at radius 3 is 1.96 bits per heavy atom. The molecule has 6 N–H and O–H groups in total. The molecular weight excluding hydrogens is 582 g/mol. The monoisotopic (exact) mass is 633 g/mol. The van der Waals surface area contributed by atoms with Gasteiger partial charge in [-0.25, -0.2) is 4.79 Å². The molecule has 1 aromatic rings. The van der Waals surface area contributed by atoms with Crippen molar-refractivity contribution in [3.63, 3.8) is 0 Å². The van der Waals surface area contributed by atoms with Crippen molar-refractivity contribution in [2.24, 2.45) is 17.6 Å². The third-order valence-corrected chi connectivity index (χ3v) is 6.81. The summed E-state index contributed by atoms with van der Waals surface area (Å²) in [4.78, 5) is 76.8. The van der Waals surface area contributed by atoms with Crippen LogP contribution < -0.4 is 27.0 Å². The molecule has 0 aromatic heterocycles. The molecule has 13 nitrogen and oxygen atoms in total. The maximum atomic E-state index is 13.6. The lowest BCUT2D eigenvalue weighted by Crippen LogP contribution is -2.59. The molecule has 0 fully saturated rings. The molecule has 0 spiro atoms. The molecule has 1 rings (SSSR count). The van der Waals surface area contributed by atoms with E-state index in [1.54, 1.807) is 39.8 Å². The zero-order valence-electron chi connectivity index (χ0n) is 27.7. The van der Waals surface area contributed by atoms with Crippen molar-refractivity contribution in [1.82, 2.24) is 21.3 Å². The van der Waals surface area contributed by atoms with E-state index in [0.717, 1.165) is 5.56 Å². The van der Waals surface area contributed by atoms with Crippen molar-refractivity contribution in [3.05, 3.63) is 35.9 Å². The Morgan fingerprint density at radius 1 is 0.822 bits per heavy atom. The fourth-order valence-corrected chi connectivity index (χ4v) is 4.10. The van der Waals surface area contributed by atoms with Gasteiger partial charge in [0.1, 0.15) is 36.4 Å². The van der Waals surface area contributed by atoms with Gasteiger partial charge in [0.2, 0.25) is 23.6 Å². The predicted octanol–water partition coefficient (Wildman–Crippen LogP) is 2.46. The van der Waals surface area contributed by atoms with E-state index in [-0.39, 0.29) is 37.7 Å². The summed E-state index contributed by atoms with van der Waals surface area (Å²) in [7, 11) is 0. The van der Waals surface area contributed by atoms with Crippen LogP contribution in [0.1, 0.15) is 86.6 Å². The van der Waals surface area contributed by atoms with Gasteiger partial charge in [0, 0.05) is 6.42 Å². The number of primary amides is 1. The number of nitrogens with one attached hydrogen (secondary N) is 4. The summed E-state index contributed by atoms with van der Waals surface area (Å²) < 4.78 is 10.7. The Labute approximate surface area is 266 Å². The molecule has 5 amide bonds. The zero-order valence-corrected chi connectivity index (χ0v) is 27.7. The fourth-order valence-electron chi connectivity index (χ4n) is 4.10. The van der Waals surface area contributed by atoms with Crippen LogP contribution in [0, 0.1) is 11.8 Å². The lowest BCUT2D eigenvalue weighted by atomic mass is 9.97. The van der Waals surface area contributed by atoms with E-state index >= 15 is 0 Å². The maximum absolute atomic E-state index is 13.6. The summed E-state index contributed by atoms with van der Waals surface area (Å²) in [5.41, 5.74) is 5.27. The molecule has 0 radical (unpaired) electrons. The molecule has 252 valence electrons. The highest BCUT2D eigenvalue weighted by atomic mass is 16.6. The molecule has 0 saturated carbocycles. The molecule has 0 aliphatic heterocycles. The van der Waals surface area contributed by atoms with Crippen LogP contribution in [-0.4, -0.2) is 65.5 Å². The summed E-state index contributed by atoms with van der Waals surface area (Å²) >= 11 is 0. The highest BCUT2D eigenvalue weighted by molar-refractivity contribution is 5.95. The van der Waals surface area contributed by atoms with Crippen LogP contribution >= 0.6 is 0 Å². The average molecular weight is 634 g/mol. The van der Waals surface area contributed by atoms with Crippen LogP contribution in [0.5, 0.6) is 0 Å². The number of benzene rings is 1. The quantitative estimate of drug-likeness (QED) is 0.161. The van der Waals surface area contributed by atoms with E-state index in [1.807, 2.05) is 39.0 Å². The molecule has 0 aliphatic rings. The molecule has 13 heteroatoms. The van der Waals surface area contributed by atoms with Gasteiger partial charge in [-0.2, -0.15) is 0 Å². The number of amides is 5. The minimum atomic E-state index is -1.27. The first-order valence-corrected chi connectivity index (χ1v) is 15.3. The van der Waals surface area contributed by atoms with Gasteiger partial charge in [-0.05, 0) is 57.9 Å². The Hall–Kier alpha value is -4.16. The van der Waals surface area contributed by atoms with E-state index in [9.17, 15) is 28.8 Å². The van der Waals surface area contributed by atoms with E-state index < -0.39 is 65.5 Å². The van der Waals surface area contributed by atoms with E-state index in [1.165, 1.54) is 6.92 Å². The first-order chi connectivity index (χ1) is 20.9. The second-order valence-corrected chi connectivity index (χ2v) is 12.6. The van der Waals surface area contributed by atoms with Crippen molar-refractivity contribution in [1.29, 1.82) is 0 Å². The van der Waals surface area contributed by atoms with Crippen LogP contribution in [0.15, 0.2) is 30.3 Å². The van der Waals surface area contributed by atoms with Crippen LogP contribution in [-0.2, 0) is 40.1 Å². The Balaban J connectivity index is 3.20. The van der Waals surface area contributed by atoms with Crippen molar-refractivity contribution in [2.75, 3.05) is 0 Å². The molecule has 5 unspecified atom stereocenters. The number of alkyl carbamates (subject to hydrolysis) is 1. The lowest BCUT2D eigenvalue weighted by molar-refractivity contribution is -0.145. The second-order valence-electron chi connectivity index (χ2n) is 12.6. The second kappa shape index (κ2) is 18.6. The van der Waals surface area contributed by atoms with Crippen molar-refractivity contribution < 1.29 is 38.2 Å². The normalized spacial score (nSPS) is 14.6. The van der Waals surface area contributed by atoms with Gasteiger partial charge < -0.3 is 36.5 Å². The van der Waals surface area contributed by atoms with Gasteiger partial charge >= 0.3 is 12.1 Å². The molecule has 45 heavy (non-hydrogen) atoms. The predicted molar refractivity (Wildman–Crippen MR) is 168 cm³/mol. The molecule has 0 heterocycles. The van der Waals surface area contributed by atoms with Crippen LogP contribution in [0.2, 0.25) is 0 Å². The Morgan fingerprint density at radius 2 is 1.42 bits per heavy atom. The van der Waals surface area contributed by atoms with Gasteiger partial charge in [0.05, 0.1) is 0 Å². The SMILES string of the molecule is CCC(C)C(NC(=O)C(CCC(=O)OCc1ccccc1)NC(=O)C(CC(C)C)NC(=O)OC(C)(C)C)C(=O)NC(C)C(N)=O. The van der Waals surface area contributed by atoms with Crippen LogP contribution in [0.25, 0.3) is 0 Å². The van der Waals surface area contributed by atoms with E-state index in [0.29, 0.717) is 6.42 Å². The van der Waals surface area contributed by atoms with E-state index in [4.69, 9.17) is 15.2 Å². The largest absolute Gasteiger partial charge is 0.461 e. The lowest BCUT2D eigenvalue weighted by Gasteiger charge is -2.28. The van der Waals surface area contributed by atoms with Gasteiger partial charge in [-0.1, -0.05) is 64.4 Å². The van der Waals surface area contributed by atoms with Gasteiger partial charge in [0.15, 0.2) is 0 Å². The smallest absolute Gasteiger partial charge is 0.408 e. The number of nitrogens with two attached hydrogens (primary N) is 1. The van der Waals surface area contributed by atoms with Crippen LogP contribution in [0.4, 0.5) is 4.79 Å². The highest BCUT2D eigenvalue weighted by Gasteiger charge is 2.33. The van der Waals surface area contributed by atoms with Gasteiger partial charge in [-0.15, -0.1) is 0 Å². The number of carbonyl (C=O) groups is 6. The van der Waals surface area contributed by atoms with E-state index in [2.05, 4.69) is 21.3 Å². The summed E-state index contributed by atoms with van der Waals surface area (Å²) in [6.07, 6.45) is -0.438. The fraction of sp³-hybridized carbons (Fsp3) is 0.625. The molecule has 0 aliphatic carbocycles. The summed E-state index contributed by atoms with van der Waals surface area (Å²) in [5.74, 6) is -3.73. The summed E-state index contributed by atoms with van der Waals surface area (Å²) in [6, 6.07) is 4.69. The zero-order chi connectivity index (χ0) is 34.3. The number of carbonyl (C=O) groups excluding carboxylic acids is 6. The minimum Gasteiger partial charge on any atom is -0.461 e. The summed E-state index contributed by atoms with van der Waals surface area (Å²) in [6.45, 7) is 13.8. The number of esters is 1. The molecular formula is C32H51N5O8. The number of hydrogen-bond acceptors (Lipinski definition) is 8. The first-order valence-electron chi connectivity index (χ1n) is 15.3. The number of rotatable bonds is 17. The molecule has 1 aromatic carbocycles. The Kier molecular flexibility index (Phi) is 16.1. The summed E-state index contributed by atoms with van der Waals surface area (Å²) in [5, 5.41) is 10.4. The third kappa shape index (κ3) is 15.4. The highest BCUT2D eigenvalue weighted by Crippen LogP contribution is 2.13. The number of hydrogen-bond donors (Lipinski definition) is 5. The first kappa shape index (κ1) is 38.9. The molecule has 0 bridgehead atoms.